The lowest BCUT2D eigenvalue weighted by atomic mass is 10.2. The van der Waals surface area contributed by atoms with Gasteiger partial charge in [-0.15, -0.1) is 0 Å². The van der Waals surface area contributed by atoms with E-state index in [9.17, 15) is 4.39 Å². The summed E-state index contributed by atoms with van der Waals surface area (Å²) in [5.74, 6) is 0.505. The zero-order valence-electron chi connectivity index (χ0n) is 15.0. The van der Waals surface area contributed by atoms with Crippen molar-refractivity contribution in [2.24, 2.45) is 4.99 Å². The number of nitrogens with one attached hydrogen (secondary N) is 2. The van der Waals surface area contributed by atoms with Crippen LogP contribution in [0.1, 0.15) is 18.9 Å². The summed E-state index contributed by atoms with van der Waals surface area (Å²) < 4.78 is 13.4. The molecule has 0 saturated heterocycles. The summed E-state index contributed by atoms with van der Waals surface area (Å²) in [6.45, 7) is 5.62. The normalized spacial score (nSPS) is 10.7. The number of nitrogens with zero attached hydrogens (tertiary/aromatic N) is 3. The molecule has 0 atom stereocenters. The van der Waals surface area contributed by atoms with E-state index >= 15 is 0 Å². The molecule has 0 fully saturated rings. The Bertz CT molecular complexity index is 968. The van der Waals surface area contributed by atoms with Crippen LogP contribution in [-0.2, 0) is 0 Å². The first kappa shape index (κ1) is 18.3. The molecule has 0 aliphatic heterocycles. The van der Waals surface area contributed by atoms with Crippen molar-refractivity contribution in [1.29, 1.82) is 0 Å². The van der Waals surface area contributed by atoms with Crippen molar-refractivity contribution in [2.75, 3.05) is 10.6 Å². The fourth-order valence-corrected chi connectivity index (χ4v) is 2.45. The molecule has 3 rings (SSSR count). The van der Waals surface area contributed by atoms with Crippen molar-refractivity contribution in [3.05, 3.63) is 72.2 Å². The maximum absolute atomic E-state index is 13.4. The van der Waals surface area contributed by atoms with E-state index in [0.717, 1.165) is 17.7 Å². The van der Waals surface area contributed by atoms with Crippen molar-refractivity contribution in [2.45, 2.75) is 13.3 Å². The minimum Gasteiger partial charge on any atom is -0.338 e. The highest BCUT2D eigenvalue weighted by atomic mass is 19.1. The van der Waals surface area contributed by atoms with Crippen LogP contribution in [0.5, 0.6) is 0 Å². The van der Waals surface area contributed by atoms with E-state index in [1.165, 1.54) is 12.1 Å². The number of allylic oxidation sites excluding steroid dienone is 1. The van der Waals surface area contributed by atoms with Crippen molar-refractivity contribution >= 4 is 41.6 Å². The predicted molar refractivity (Wildman–Crippen MR) is 110 cm³/mol. The van der Waals surface area contributed by atoms with E-state index in [1.807, 2.05) is 24.3 Å². The summed E-state index contributed by atoms with van der Waals surface area (Å²) >= 11 is 0. The van der Waals surface area contributed by atoms with E-state index in [2.05, 4.69) is 51.4 Å². The molecule has 27 heavy (non-hydrogen) atoms. The van der Waals surface area contributed by atoms with Crippen molar-refractivity contribution < 1.29 is 4.39 Å². The smallest absolute Gasteiger partial charge is 0.229 e. The lowest BCUT2D eigenvalue weighted by Gasteiger charge is -2.11. The number of hydrogen-bond acceptors (Lipinski definition) is 5. The van der Waals surface area contributed by atoms with E-state index in [4.69, 9.17) is 0 Å². The second kappa shape index (κ2) is 8.71. The largest absolute Gasteiger partial charge is 0.338 e. The molecule has 2 aromatic carbocycles. The molecule has 1 heterocycles. The Morgan fingerprint density at radius 1 is 1.11 bits per heavy atom. The highest BCUT2D eigenvalue weighted by Crippen LogP contribution is 2.27. The molecule has 0 aliphatic carbocycles. The van der Waals surface area contributed by atoms with Gasteiger partial charge in [-0.25, -0.2) is 9.37 Å². The van der Waals surface area contributed by atoms with Gasteiger partial charge < -0.3 is 10.6 Å². The van der Waals surface area contributed by atoms with Crippen LogP contribution in [0.2, 0.25) is 0 Å². The average molecular weight is 361 g/mol. The molecular weight excluding hydrogens is 341 g/mol. The topological polar surface area (TPSA) is 62.2 Å². The van der Waals surface area contributed by atoms with Gasteiger partial charge in [0.2, 0.25) is 5.95 Å². The Kier molecular flexibility index (Phi) is 5.89. The quantitative estimate of drug-likeness (QED) is 0.518. The molecule has 5 nitrogen and oxygen atoms in total. The van der Waals surface area contributed by atoms with Gasteiger partial charge in [-0.05, 0) is 49.0 Å². The molecule has 0 radical (unpaired) electrons. The summed E-state index contributed by atoms with van der Waals surface area (Å²) in [5, 5.41) is 6.23. The van der Waals surface area contributed by atoms with Crippen molar-refractivity contribution in [1.82, 2.24) is 9.97 Å². The highest BCUT2D eigenvalue weighted by Gasteiger charge is 2.08. The first-order valence-electron chi connectivity index (χ1n) is 8.58. The van der Waals surface area contributed by atoms with Crippen LogP contribution in [0.3, 0.4) is 0 Å². The third-order valence-corrected chi connectivity index (χ3v) is 3.72. The minimum atomic E-state index is -0.336. The monoisotopic (exact) mass is 361 g/mol. The van der Waals surface area contributed by atoms with Gasteiger partial charge in [0.15, 0.2) is 5.82 Å². The molecule has 136 valence electrons. The zero-order valence-corrected chi connectivity index (χ0v) is 15.0. The molecule has 6 heteroatoms. The van der Waals surface area contributed by atoms with E-state index in [1.54, 1.807) is 18.3 Å². The molecule has 0 saturated carbocycles. The Hall–Kier alpha value is -3.54. The second-order valence-corrected chi connectivity index (χ2v) is 5.78. The Labute approximate surface area is 157 Å². The maximum atomic E-state index is 13.4. The summed E-state index contributed by atoms with van der Waals surface area (Å²) in [6.07, 6.45) is 6.70. The van der Waals surface area contributed by atoms with Gasteiger partial charge in [0.1, 0.15) is 11.5 Å². The van der Waals surface area contributed by atoms with Crippen LogP contribution in [-0.4, -0.2) is 16.7 Å². The van der Waals surface area contributed by atoms with Gasteiger partial charge in [-0.1, -0.05) is 37.3 Å². The number of aromatic nitrogens is 2. The maximum Gasteiger partial charge on any atom is 0.229 e. The van der Waals surface area contributed by atoms with Crippen molar-refractivity contribution in [3.8, 4) is 0 Å². The number of hydrogen-bond donors (Lipinski definition) is 2. The first-order valence-corrected chi connectivity index (χ1v) is 8.58. The van der Waals surface area contributed by atoms with Crippen LogP contribution >= 0.6 is 0 Å². The van der Waals surface area contributed by atoms with Crippen LogP contribution in [0.25, 0.3) is 6.08 Å². The summed E-state index contributed by atoms with van der Waals surface area (Å²) in [7, 11) is 0. The molecule has 0 amide bonds. The molecule has 3 aromatic rings. The number of aliphatic imine (C=N–C) groups is 1. The standard InChI is InChI=1S/C21H20FN5/c1-3-4-7-15-8-5-10-17(12-15)26-21-24-14-19(23-2)20(27-21)25-18-11-6-9-16(22)13-18/h4-14H,2-3H2,1H3,(H2,24,25,26,27)/b7-4-. The first-order chi connectivity index (χ1) is 13.2. The minimum absolute atomic E-state index is 0.336. The third kappa shape index (κ3) is 4.98. The predicted octanol–water partition coefficient (Wildman–Crippen LogP) is 5.86. The van der Waals surface area contributed by atoms with Crippen molar-refractivity contribution in [3.63, 3.8) is 0 Å². The van der Waals surface area contributed by atoms with E-state index in [0.29, 0.717) is 23.1 Å². The van der Waals surface area contributed by atoms with Crippen LogP contribution in [0, 0.1) is 5.82 Å². The fourth-order valence-electron chi connectivity index (χ4n) is 2.45. The lowest BCUT2D eigenvalue weighted by Crippen LogP contribution is -2.01. The van der Waals surface area contributed by atoms with Crippen LogP contribution in [0.15, 0.2) is 65.8 Å². The number of anilines is 4. The summed E-state index contributed by atoms with van der Waals surface area (Å²) in [4.78, 5) is 12.6. The molecule has 0 bridgehead atoms. The van der Waals surface area contributed by atoms with Gasteiger partial charge in [0.05, 0.1) is 6.20 Å². The highest BCUT2D eigenvalue weighted by molar-refractivity contribution is 5.71. The zero-order chi connectivity index (χ0) is 19.1. The number of benzene rings is 2. The van der Waals surface area contributed by atoms with Gasteiger partial charge in [-0.3, -0.25) is 4.99 Å². The van der Waals surface area contributed by atoms with Crippen LogP contribution < -0.4 is 10.6 Å². The number of halogens is 1. The van der Waals surface area contributed by atoms with Gasteiger partial charge in [-0.2, -0.15) is 4.98 Å². The average Bonchev–Trinajstić information content (AvgIpc) is 2.67. The van der Waals surface area contributed by atoms with E-state index < -0.39 is 0 Å². The Morgan fingerprint density at radius 2 is 1.89 bits per heavy atom. The van der Waals surface area contributed by atoms with Gasteiger partial charge in [0, 0.05) is 11.4 Å². The number of rotatable bonds is 7. The SMILES string of the molecule is C=Nc1cnc(Nc2cccc(/C=C\CC)c2)nc1Nc1cccc(F)c1. The molecule has 0 spiro atoms. The Balaban J connectivity index is 1.84. The summed E-state index contributed by atoms with van der Waals surface area (Å²) in [6, 6.07) is 14.1. The molecular formula is C21H20FN5. The van der Waals surface area contributed by atoms with Gasteiger partial charge in [0.25, 0.3) is 0 Å². The molecule has 0 unspecified atom stereocenters. The fraction of sp³-hybridized carbons (Fsp3) is 0.0952. The lowest BCUT2D eigenvalue weighted by molar-refractivity contribution is 0.628. The molecule has 2 N–H and O–H groups in total. The second-order valence-electron chi connectivity index (χ2n) is 5.78. The van der Waals surface area contributed by atoms with Crippen LogP contribution in [0.4, 0.5) is 33.2 Å². The Morgan fingerprint density at radius 3 is 2.63 bits per heavy atom. The summed E-state index contributed by atoms with van der Waals surface area (Å²) in [5.41, 5.74) is 2.99. The van der Waals surface area contributed by atoms with Gasteiger partial charge >= 0.3 is 0 Å². The molecule has 0 aliphatic rings. The van der Waals surface area contributed by atoms with E-state index in [-0.39, 0.29) is 5.82 Å². The molecule has 1 aromatic heterocycles. The third-order valence-electron chi connectivity index (χ3n) is 3.72.